The quantitative estimate of drug-likeness (QED) is 0.835. The summed E-state index contributed by atoms with van der Waals surface area (Å²) in [7, 11) is -3.60. The van der Waals surface area contributed by atoms with Gasteiger partial charge in [0.25, 0.3) is 5.91 Å². The van der Waals surface area contributed by atoms with Crippen LogP contribution in [0.1, 0.15) is 45.5 Å². The Labute approximate surface area is 167 Å². The lowest BCUT2D eigenvalue weighted by atomic mass is 10.1. The SMILES string of the molecule is Cc1ccc(C(=O)NC[C@H]2CCCN2S(=O)(=O)c2c(C)cc(C)cc2C)cc1. The second kappa shape index (κ2) is 8.05. The first-order valence-corrected chi connectivity index (χ1v) is 11.1. The summed E-state index contributed by atoms with van der Waals surface area (Å²) < 4.78 is 28.3. The van der Waals surface area contributed by atoms with Gasteiger partial charge in [-0.1, -0.05) is 35.4 Å². The van der Waals surface area contributed by atoms with Crippen molar-refractivity contribution in [2.24, 2.45) is 0 Å². The third-order valence-electron chi connectivity index (χ3n) is 5.31. The van der Waals surface area contributed by atoms with Crippen molar-refractivity contribution in [3.63, 3.8) is 0 Å². The summed E-state index contributed by atoms with van der Waals surface area (Å²) in [5, 5.41) is 2.91. The molecule has 1 saturated heterocycles. The summed E-state index contributed by atoms with van der Waals surface area (Å²) in [6, 6.07) is 10.9. The first-order chi connectivity index (χ1) is 13.2. The molecule has 28 heavy (non-hydrogen) atoms. The molecule has 0 aromatic heterocycles. The maximum atomic E-state index is 13.4. The summed E-state index contributed by atoms with van der Waals surface area (Å²) in [4.78, 5) is 12.8. The maximum absolute atomic E-state index is 13.4. The van der Waals surface area contributed by atoms with Crippen molar-refractivity contribution in [2.75, 3.05) is 13.1 Å². The lowest BCUT2D eigenvalue weighted by Crippen LogP contribution is -2.43. The molecule has 0 bridgehead atoms. The van der Waals surface area contributed by atoms with Gasteiger partial charge in [0.2, 0.25) is 10.0 Å². The van der Waals surface area contributed by atoms with E-state index in [4.69, 9.17) is 0 Å². The largest absolute Gasteiger partial charge is 0.350 e. The highest BCUT2D eigenvalue weighted by Crippen LogP contribution is 2.30. The molecule has 0 aliphatic carbocycles. The molecule has 0 radical (unpaired) electrons. The number of nitrogens with one attached hydrogen (secondary N) is 1. The fourth-order valence-electron chi connectivity index (χ4n) is 4.04. The van der Waals surface area contributed by atoms with Gasteiger partial charge in [-0.15, -0.1) is 0 Å². The number of hydrogen-bond donors (Lipinski definition) is 1. The molecule has 5 nitrogen and oxygen atoms in total. The third-order valence-corrected chi connectivity index (χ3v) is 7.56. The van der Waals surface area contributed by atoms with Crippen LogP contribution in [0.3, 0.4) is 0 Å². The molecular formula is C22H28N2O3S. The van der Waals surface area contributed by atoms with E-state index in [0.29, 0.717) is 23.5 Å². The number of hydrogen-bond acceptors (Lipinski definition) is 3. The predicted molar refractivity (Wildman–Crippen MR) is 111 cm³/mol. The van der Waals surface area contributed by atoms with Gasteiger partial charge < -0.3 is 5.32 Å². The van der Waals surface area contributed by atoms with Gasteiger partial charge in [-0.2, -0.15) is 4.31 Å². The van der Waals surface area contributed by atoms with E-state index in [1.165, 1.54) is 0 Å². The summed E-state index contributed by atoms with van der Waals surface area (Å²) in [5.41, 5.74) is 4.27. The lowest BCUT2D eigenvalue weighted by molar-refractivity contribution is 0.0946. The van der Waals surface area contributed by atoms with Crippen molar-refractivity contribution in [2.45, 2.75) is 51.5 Å². The van der Waals surface area contributed by atoms with Crippen LogP contribution in [0.25, 0.3) is 0 Å². The molecule has 1 aliphatic heterocycles. The van der Waals surface area contributed by atoms with Gasteiger partial charge in [0.15, 0.2) is 0 Å². The van der Waals surface area contributed by atoms with Crippen LogP contribution in [0.4, 0.5) is 0 Å². The molecule has 1 amide bonds. The van der Waals surface area contributed by atoms with E-state index >= 15 is 0 Å². The Hall–Kier alpha value is -2.18. The third kappa shape index (κ3) is 4.13. The van der Waals surface area contributed by atoms with Gasteiger partial charge in [-0.05, 0) is 63.8 Å². The Morgan fingerprint density at radius 2 is 1.64 bits per heavy atom. The predicted octanol–water partition coefficient (Wildman–Crippen LogP) is 3.50. The van der Waals surface area contributed by atoms with E-state index in [1.807, 2.05) is 52.0 Å². The van der Waals surface area contributed by atoms with E-state index in [1.54, 1.807) is 16.4 Å². The fraction of sp³-hybridized carbons (Fsp3) is 0.409. The highest BCUT2D eigenvalue weighted by atomic mass is 32.2. The minimum absolute atomic E-state index is 0.174. The van der Waals surface area contributed by atoms with E-state index < -0.39 is 10.0 Å². The smallest absolute Gasteiger partial charge is 0.251 e. The average Bonchev–Trinajstić information content (AvgIpc) is 3.08. The number of aryl methyl sites for hydroxylation is 4. The van der Waals surface area contributed by atoms with Crippen molar-refractivity contribution in [3.05, 3.63) is 64.2 Å². The minimum Gasteiger partial charge on any atom is -0.350 e. The summed E-state index contributed by atoms with van der Waals surface area (Å²) in [5.74, 6) is -0.174. The molecule has 1 atom stereocenters. The maximum Gasteiger partial charge on any atom is 0.251 e. The van der Waals surface area contributed by atoms with Gasteiger partial charge in [-0.3, -0.25) is 4.79 Å². The van der Waals surface area contributed by atoms with E-state index in [2.05, 4.69) is 5.32 Å². The van der Waals surface area contributed by atoms with Crippen LogP contribution >= 0.6 is 0 Å². The minimum atomic E-state index is -3.60. The fourth-order valence-corrected chi connectivity index (χ4v) is 6.15. The Bertz CT molecular complexity index is 958. The second-order valence-electron chi connectivity index (χ2n) is 7.72. The zero-order valence-electron chi connectivity index (χ0n) is 17.0. The van der Waals surface area contributed by atoms with Gasteiger partial charge in [0, 0.05) is 24.7 Å². The topological polar surface area (TPSA) is 66.5 Å². The van der Waals surface area contributed by atoms with Gasteiger partial charge in [0.05, 0.1) is 4.90 Å². The average molecular weight is 401 g/mol. The molecular weight excluding hydrogens is 372 g/mol. The zero-order chi connectivity index (χ0) is 20.5. The normalized spacial score (nSPS) is 17.6. The first kappa shape index (κ1) is 20.6. The molecule has 1 fully saturated rings. The number of rotatable bonds is 5. The number of carbonyl (C=O) groups excluding carboxylic acids is 1. The van der Waals surface area contributed by atoms with Crippen LogP contribution in [0.2, 0.25) is 0 Å². The van der Waals surface area contributed by atoms with Crippen LogP contribution in [-0.2, 0) is 10.0 Å². The van der Waals surface area contributed by atoms with Crippen LogP contribution < -0.4 is 5.32 Å². The Kier molecular flexibility index (Phi) is 5.91. The van der Waals surface area contributed by atoms with Crippen molar-refractivity contribution >= 4 is 15.9 Å². The highest BCUT2D eigenvalue weighted by Gasteiger charge is 2.37. The van der Waals surface area contributed by atoms with Gasteiger partial charge >= 0.3 is 0 Å². The molecule has 0 unspecified atom stereocenters. The Morgan fingerprint density at radius 1 is 1.04 bits per heavy atom. The second-order valence-corrected chi connectivity index (χ2v) is 9.54. The molecule has 1 aliphatic rings. The molecule has 2 aromatic carbocycles. The summed E-state index contributed by atoms with van der Waals surface area (Å²) in [6.07, 6.45) is 1.55. The van der Waals surface area contributed by atoms with Crippen LogP contribution in [0, 0.1) is 27.7 Å². The summed E-state index contributed by atoms with van der Waals surface area (Å²) >= 11 is 0. The monoisotopic (exact) mass is 400 g/mol. The van der Waals surface area contributed by atoms with Crippen molar-refractivity contribution < 1.29 is 13.2 Å². The van der Waals surface area contributed by atoms with Gasteiger partial charge in [-0.25, -0.2) is 8.42 Å². The number of nitrogens with zero attached hydrogens (tertiary/aromatic N) is 1. The first-order valence-electron chi connectivity index (χ1n) is 9.64. The molecule has 6 heteroatoms. The summed E-state index contributed by atoms with van der Waals surface area (Å²) in [6.45, 7) is 8.43. The zero-order valence-corrected chi connectivity index (χ0v) is 17.8. The lowest BCUT2D eigenvalue weighted by Gasteiger charge is -2.26. The van der Waals surface area contributed by atoms with Crippen molar-refractivity contribution in [1.29, 1.82) is 0 Å². The van der Waals surface area contributed by atoms with Crippen molar-refractivity contribution in [3.8, 4) is 0 Å². The molecule has 150 valence electrons. The molecule has 0 spiro atoms. The van der Waals surface area contributed by atoms with Crippen molar-refractivity contribution in [1.82, 2.24) is 9.62 Å². The number of carbonyl (C=O) groups is 1. The molecule has 2 aromatic rings. The number of benzene rings is 2. The van der Waals surface area contributed by atoms with E-state index in [9.17, 15) is 13.2 Å². The van der Waals surface area contributed by atoms with Gasteiger partial charge in [0.1, 0.15) is 0 Å². The molecule has 1 N–H and O–H groups in total. The van der Waals surface area contributed by atoms with Crippen LogP contribution in [0.5, 0.6) is 0 Å². The number of sulfonamides is 1. The Balaban J connectivity index is 1.77. The van der Waals surface area contributed by atoms with Crippen LogP contribution in [-0.4, -0.2) is 37.8 Å². The highest BCUT2D eigenvalue weighted by molar-refractivity contribution is 7.89. The molecule has 1 heterocycles. The number of amides is 1. The van der Waals surface area contributed by atoms with E-state index in [0.717, 1.165) is 35.1 Å². The Morgan fingerprint density at radius 3 is 2.25 bits per heavy atom. The molecule has 0 saturated carbocycles. The van der Waals surface area contributed by atoms with Crippen LogP contribution in [0.15, 0.2) is 41.3 Å². The standard InChI is InChI=1S/C22H28N2O3S/c1-15-7-9-19(10-8-15)22(25)23-14-20-6-5-11-24(20)28(26,27)21-17(3)12-16(2)13-18(21)4/h7-10,12-13,20H,5-6,11,14H2,1-4H3,(H,23,25)/t20-/m1/s1. The molecule has 3 rings (SSSR count). The van der Waals surface area contributed by atoms with E-state index in [-0.39, 0.29) is 11.9 Å².